The van der Waals surface area contributed by atoms with Gasteiger partial charge in [-0.25, -0.2) is 0 Å². The van der Waals surface area contributed by atoms with Crippen LogP contribution in [0.4, 0.5) is 0 Å². The van der Waals surface area contributed by atoms with Gasteiger partial charge < -0.3 is 24.1 Å². The predicted octanol–water partition coefficient (Wildman–Crippen LogP) is 0.383. The third-order valence-corrected chi connectivity index (χ3v) is 3.74. The monoisotopic (exact) mass is 269 g/mol. The van der Waals surface area contributed by atoms with E-state index in [2.05, 4.69) is 15.5 Å². The van der Waals surface area contributed by atoms with Crippen molar-refractivity contribution in [1.29, 1.82) is 0 Å². The fourth-order valence-electron chi connectivity index (χ4n) is 2.50. The molecule has 2 fully saturated rings. The van der Waals surface area contributed by atoms with Crippen LogP contribution in [-0.2, 0) is 19.8 Å². The highest BCUT2D eigenvalue weighted by atomic mass is 16.5. The van der Waals surface area contributed by atoms with Gasteiger partial charge in [0.1, 0.15) is 11.7 Å². The first-order valence-corrected chi connectivity index (χ1v) is 6.63. The highest BCUT2D eigenvalue weighted by molar-refractivity contribution is 5.04. The van der Waals surface area contributed by atoms with E-state index in [-0.39, 0.29) is 6.10 Å². The summed E-state index contributed by atoms with van der Waals surface area (Å²) >= 11 is 0. The zero-order valence-electron chi connectivity index (χ0n) is 11.1. The summed E-state index contributed by atoms with van der Waals surface area (Å²) < 4.78 is 22.0. The summed E-state index contributed by atoms with van der Waals surface area (Å²) in [6, 6.07) is 0. The van der Waals surface area contributed by atoms with Crippen molar-refractivity contribution in [2.45, 2.75) is 24.5 Å². The lowest BCUT2D eigenvalue weighted by Gasteiger charge is -2.32. The van der Waals surface area contributed by atoms with Crippen LogP contribution in [0.3, 0.4) is 0 Å². The summed E-state index contributed by atoms with van der Waals surface area (Å²) in [5.74, 6) is 1.12. The number of hydrogen-bond donors (Lipinski definition) is 1. The Bertz CT molecular complexity index is 411. The van der Waals surface area contributed by atoms with Crippen molar-refractivity contribution in [2.24, 2.45) is 0 Å². The van der Waals surface area contributed by atoms with Gasteiger partial charge in [0.15, 0.2) is 0 Å². The van der Waals surface area contributed by atoms with E-state index in [9.17, 15) is 0 Å². The first-order chi connectivity index (χ1) is 9.34. The standard InChI is InChI=1S/C12H19N3O4/c1-16-12(2-5-17-6-3-12)11-14-10(19-15-11)9-8-13-4-7-18-9/h9,13H,2-8H2,1H3. The van der Waals surface area contributed by atoms with Crippen LogP contribution >= 0.6 is 0 Å². The molecule has 19 heavy (non-hydrogen) atoms. The summed E-state index contributed by atoms with van der Waals surface area (Å²) in [5.41, 5.74) is -0.484. The Morgan fingerprint density at radius 3 is 2.84 bits per heavy atom. The fraction of sp³-hybridized carbons (Fsp3) is 0.833. The minimum absolute atomic E-state index is 0.163. The van der Waals surface area contributed by atoms with Crippen molar-refractivity contribution < 1.29 is 18.7 Å². The smallest absolute Gasteiger partial charge is 0.257 e. The molecule has 3 heterocycles. The summed E-state index contributed by atoms with van der Waals surface area (Å²) in [6.07, 6.45) is 1.32. The Hall–Kier alpha value is -1.02. The minimum Gasteiger partial charge on any atom is -0.381 e. The molecule has 106 valence electrons. The lowest BCUT2D eigenvalue weighted by atomic mass is 9.93. The number of aromatic nitrogens is 2. The largest absolute Gasteiger partial charge is 0.381 e. The average Bonchev–Trinajstić information content (AvgIpc) is 2.99. The molecular weight excluding hydrogens is 250 g/mol. The van der Waals surface area contributed by atoms with Gasteiger partial charge in [-0.05, 0) is 0 Å². The average molecular weight is 269 g/mol. The molecule has 2 aliphatic rings. The molecular formula is C12H19N3O4. The van der Waals surface area contributed by atoms with Crippen LogP contribution in [0.25, 0.3) is 0 Å². The molecule has 0 radical (unpaired) electrons. The van der Waals surface area contributed by atoms with E-state index in [1.165, 1.54) is 0 Å². The molecule has 0 amide bonds. The van der Waals surface area contributed by atoms with Gasteiger partial charge in [-0.15, -0.1) is 0 Å². The maximum atomic E-state index is 5.64. The van der Waals surface area contributed by atoms with E-state index in [0.29, 0.717) is 38.1 Å². The summed E-state index contributed by atoms with van der Waals surface area (Å²) in [6.45, 7) is 3.52. The van der Waals surface area contributed by atoms with Gasteiger partial charge in [0.25, 0.3) is 5.89 Å². The number of nitrogens with zero attached hydrogens (tertiary/aromatic N) is 2. The van der Waals surface area contributed by atoms with Crippen molar-refractivity contribution in [3.05, 3.63) is 11.7 Å². The van der Waals surface area contributed by atoms with Crippen LogP contribution in [0.15, 0.2) is 4.52 Å². The van der Waals surface area contributed by atoms with Crippen LogP contribution in [0.5, 0.6) is 0 Å². The molecule has 1 aromatic rings. The Morgan fingerprint density at radius 1 is 1.32 bits per heavy atom. The van der Waals surface area contributed by atoms with E-state index in [1.807, 2.05) is 0 Å². The molecule has 0 bridgehead atoms. The molecule has 7 nitrogen and oxygen atoms in total. The van der Waals surface area contributed by atoms with Crippen LogP contribution < -0.4 is 5.32 Å². The van der Waals surface area contributed by atoms with Crippen molar-refractivity contribution in [3.63, 3.8) is 0 Å². The first kappa shape index (κ1) is 13.0. The van der Waals surface area contributed by atoms with Crippen LogP contribution in [-0.4, -0.2) is 50.2 Å². The van der Waals surface area contributed by atoms with Gasteiger partial charge in [-0.2, -0.15) is 4.98 Å². The Morgan fingerprint density at radius 2 is 2.16 bits per heavy atom. The van der Waals surface area contributed by atoms with Crippen molar-refractivity contribution in [3.8, 4) is 0 Å². The highest BCUT2D eigenvalue weighted by Crippen LogP contribution is 2.34. The Balaban J connectivity index is 1.79. The molecule has 1 unspecified atom stereocenters. The molecule has 3 rings (SSSR count). The van der Waals surface area contributed by atoms with Crippen LogP contribution in [0.2, 0.25) is 0 Å². The van der Waals surface area contributed by atoms with Gasteiger partial charge in [0, 0.05) is 46.3 Å². The summed E-state index contributed by atoms with van der Waals surface area (Å²) in [4.78, 5) is 4.48. The molecule has 2 saturated heterocycles. The molecule has 0 aromatic carbocycles. The van der Waals surface area contributed by atoms with Gasteiger partial charge in [-0.3, -0.25) is 0 Å². The Kier molecular flexibility index (Phi) is 3.79. The summed E-state index contributed by atoms with van der Waals surface area (Å²) in [7, 11) is 1.68. The van der Waals surface area contributed by atoms with Gasteiger partial charge in [0.2, 0.25) is 5.82 Å². The number of hydrogen-bond acceptors (Lipinski definition) is 7. The number of ether oxygens (including phenoxy) is 3. The van der Waals surface area contributed by atoms with Crippen molar-refractivity contribution >= 4 is 0 Å². The zero-order valence-corrected chi connectivity index (χ0v) is 11.1. The Labute approximate surface area is 111 Å². The number of nitrogens with one attached hydrogen (secondary N) is 1. The van der Waals surface area contributed by atoms with Gasteiger partial charge in [0.05, 0.1) is 6.61 Å². The number of methoxy groups -OCH3 is 1. The number of rotatable bonds is 3. The van der Waals surface area contributed by atoms with E-state index < -0.39 is 5.60 Å². The molecule has 7 heteroatoms. The third-order valence-electron chi connectivity index (χ3n) is 3.74. The molecule has 2 aliphatic heterocycles. The van der Waals surface area contributed by atoms with Crippen LogP contribution in [0.1, 0.15) is 30.7 Å². The maximum Gasteiger partial charge on any atom is 0.257 e. The van der Waals surface area contributed by atoms with Gasteiger partial charge >= 0.3 is 0 Å². The lowest BCUT2D eigenvalue weighted by molar-refractivity contribution is -0.101. The van der Waals surface area contributed by atoms with E-state index in [4.69, 9.17) is 18.7 Å². The molecule has 1 N–H and O–H groups in total. The van der Waals surface area contributed by atoms with E-state index in [1.54, 1.807) is 7.11 Å². The molecule has 0 aliphatic carbocycles. The zero-order chi connectivity index (χ0) is 13.1. The molecule has 1 atom stereocenters. The molecule has 0 spiro atoms. The SMILES string of the molecule is COC1(c2noc(C3CNCCO3)n2)CCOCC1. The highest BCUT2D eigenvalue weighted by Gasteiger charge is 2.40. The molecule has 1 aromatic heterocycles. The van der Waals surface area contributed by atoms with Crippen LogP contribution in [0, 0.1) is 0 Å². The second kappa shape index (κ2) is 5.54. The topological polar surface area (TPSA) is 78.6 Å². The minimum atomic E-state index is -0.484. The second-order valence-electron chi connectivity index (χ2n) is 4.83. The predicted molar refractivity (Wildman–Crippen MR) is 64.6 cm³/mol. The van der Waals surface area contributed by atoms with Crippen molar-refractivity contribution in [2.75, 3.05) is 40.0 Å². The third kappa shape index (κ3) is 2.51. The van der Waals surface area contributed by atoms with Gasteiger partial charge in [-0.1, -0.05) is 5.16 Å². The van der Waals surface area contributed by atoms with E-state index >= 15 is 0 Å². The summed E-state index contributed by atoms with van der Waals surface area (Å²) in [5, 5.41) is 7.33. The quantitative estimate of drug-likeness (QED) is 0.850. The molecule has 0 saturated carbocycles. The lowest BCUT2D eigenvalue weighted by Crippen LogP contribution is -2.37. The first-order valence-electron chi connectivity index (χ1n) is 6.63. The normalized spacial score (nSPS) is 27.3. The van der Waals surface area contributed by atoms with E-state index in [0.717, 1.165) is 19.4 Å². The second-order valence-corrected chi connectivity index (χ2v) is 4.83. The fourth-order valence-corrected chi connectivity index (χ4v) is 2.50. The number of morpholine rings is 1. The van der Waals surface area contributed by atoms with Crippen molar-refractivity contribution in [1.82, 2.24) is 15.5 Å². The maximum absolute atomic E-state index is 5.64.